The third-order valence-corrected chi connectivity index (χ3v) is 3.86. The van der Waals surface area contributed by atoms with Crippen molar-refractivity contribution >= 4 is 5.78 Å². The van der Waals surface area contributed by atoms with Gasteiger partial charge in [-0.05, 0) is 26.5 Å². The van der Waals surface area contributed by atoms with Crippen LogP contribution in [0.25, 0.3) is 5.78 Å². The number of hydrogen-bond acceptors (Lipinski definition) is 4. The van der Waals surface area contributed by atoms with Gasteiger partial charge in [-0.1, -0.05) is 6.92 Å². The maximum absolute atomic E-state index is 4.65. The molecule has 19 heavy (non-hydrogen) atoms. The average Bonchev–Trinajstić information content (AvgIpc) is 2.68. The fraction of sp³-hybridized carbons (Fsp3) is 0.571. The summed E-state index contributed by atoms with van der Waals surface area (Å²) < 4.78 is 2.08. The van der Waals surface area contributed by atoms with Crippen molar-refractivity contribution < 1.29 is 0 Å². The van der Waals surface area contributed by atoms with Crippen molar-refractivity contribution in [3.8, 4) is 0 Å². The van der Waals surface area contributed by atoms with E-state index >= 15 is 0 Å². The molecular weight excluding hydrogens is 238 g/mol. The van der Waals surface area contributed by atoms with Crippen LogP contribution in [0.3, 0.4) is 0 Å². The van der Waals surface area contributed by atoms with Crippen molar-refractivity contribution in [2.75, 3.05) is 19.6 Å². The van der Waals surface area contributed by atoms with Gasteiger partial charge >= 0.3 is 0 Å². The summed E-state index contributed by atoms with van der Waals surface area (Å²) in [6, 6.07) is 2.75. The number of aryl methyl sites for hydroxylation is 2. The first-order chi connectivity index (χ1) is 9.17. The average molecular weight is 259 g/mol. The second kappa shape index (κ2) is 4.90. The van der Waals surface area contributed by atoms with E-state index < -0.39 is 0 Å². The second-order valence-electron chi connectivity index (χ2n) is 5.32. The molecule has 1 fully saturated rings. The Morgan fingerprint density at radius 3 is 2.79 bits per heavy atom. The van der Waals surface area contributed by atoms with Gasteiger partial charge in [0.2, 0.25) is 5.78 Å². The van der Waals surface area contributed by atoms with Crippen LogP contribution < -0.4 is 5.32 Å². The van der Waals surface area contributed by atoms with Gasteiger partial charge in [-0.25, -0.2) is 9.97 Å². The molecule has 1 N–H and O–H groups in total. The number of imidazole rings is 1. The normalized spacial score (nSPS) is 16.2. The molecule has 1 saturated heterocycles. The summed E-state index contributed by atoms with van der Waals surface area (Å²) >= 11 is 0. The van der Waals surface area contributed by atoms with E-state index in [1.165, 1.54) is 5.69 Å². The van der Waals surface area contributed by atoms with Crippen molar-refractivity contribution in [3.05, 3.63) is 29.3 Å². The summed E-state index contributed by atoms with van der Waals surface area (Å²) in [6.07, 6.45) is 2.12. The second-order valence-corrected chi connectivity index (χ2v) is 5.32. The summed E-state index contributed by atoms with van der Waals surface area (Å²) in [5, 5.41) is 3.33. The van der Waals surface area contributed by atoms with Crippen LogP contribution in [0.4, 0.5) is 0 Å². The van der Waals surface area contributed by atoms with Gasteiger partial charge in [-0.15, -0.1) is 0 Å². The highest BCUT2D eigenvalue weighted by molar-refractivity contribution is 5.34. The molecule has 1 aliphatic heterocycles. The number of hydrogen-bond donors (Lipinski definition) is 1. The van der Waals surface area contributed by atoms with Crippen LogP contribution >= 0.6 is 0 Å². The summed E-state index contributed by atoms with van der Waals surface area (Å²) in [5.41, 5.74) is 3.32. The molecule has 0 atom stereocenters. The Morgan fingerprint density at radius 1 is 1.37 bits per heavy atom. The standard InChI is InChI=1S/C14H21N5/c1-4-18(13-6-15-7-13)8-12-9-19-11(3)5-10(2)16-14(19)17-12/h5,9,13,15H,4,6-8H2,1-3H3. The molecular formula is C14H21N5. The number of fused-ring (bicyclic) bond motifs is 1. The summed E-state index contributed by atoms with van der Waals surface area (Å²) in [4.78, 5) is 11.6. The van der Waals surface area contributed by atoms with E-state index in [4.69, 9.17) is 0 Å². The fourth-order valence-corrected chi connectivity index (χ4v) is 2.63. The molecule has 0 unspecified atom stereocenters. The Bertz CT molecular complexity index is 585. The SMILES string of the molecule is CCN(Cc1cn2c(C)cc(C)nc2n1)C1CNC1. The molecule has 2 aromatic heterocycles. The van der Waals surface area contributed by atoms with Crippen LogP contribution in [-0.2, 0) is 6.54 Å². The molecule has 3 heterocycles. The molecule has 5 heteroatoms. The zero-order chi connectivity index (χ0) is 13.4. The molecule has 0 saturated carbocycles. The van der Waals surface area contributed by atoms with E-state index in [0.717, 1.165) is 43.3 Å². The highest BCUT2D eigenvalue weighted by atomic mass is 15.2. The zero-order valence-electron chi connectivity index (χ0n) is 11.8. The fourth-order valence-electron chi connectivity index (χ4n) is 2.63. The van der Waals surface area contributed by atoms with Gasteiger partial charge in [0.25, 0.3) is 0 Å². The van der Waals surface area contributed by atoms with E-state index in [0.29, 0.717) is 6.04 Å². The van der Waals surface area contributed by atoms with Crippen molar-refractivity contribution in [2.24, 2.45) is 0 Å². The monoisotopic (exact) mass is 259 g/mol. The Kier molecular flexibility index (Phi) is 3.24. The first-order valence-corrected chi connectivity index (χ1v) is 6.94. The lowest BCUT2D eigenvalue weighted by Crippen LogP contribution is -2.56. The molecule has 0 aliphatic carbocycles. The summed E-state index contributed by atoms with van der Waals surface area (Å²) in [7, 11) is 0. The predicted octanol–water partition coefficient (Wildman–Crippen LogP) is 1.14. The first kappa shape index (κ1) is 12.6. The summed E-state index contributed by atoms with van der Waals surface area (Å²) in [5.74, 6) is 0.815. The minimum atomic E-state index is 0.658. The van der Waals surface area contributed by atoms with E-state index in [9.17, 15) is 0 Å². The molecule has 3 rings (SSSR count). The lowest BCUT2D eigenvalue weighted by molar-refractivity contribution is 0.144. The van der Waals surface area contributed by atoms with E-state index in [1.54, 1.807) is 0 Å². The van der Waals surface area contributed by atoms with Crippen LogP contribution in [0.15, 0.2) is 12.3 Å². The van der Waals surface area contributed by atoms with Gasteiger partial charge in [0.1, 0.15) is 0 Å². The van der Waals surface area contributed by atoms with Crippen molar-refractivity contribution in [3.63, 3.8) is 0 Å². The Hall–Kier alpha value is -1.46. The van der Waals surface area contributed by atoms with Crippen LogP contribution in [-0.4, -0.2) is 44.9 Å². The Balaban J connectivity index is 1.86. The van der Waals surface area contributed by atoms with E-state index in [-0.39, 0.29) is 0 Å². The molecule has 1 aliphatic rings. The maximum atomic E-state index is 4.65. The molecule has 5 nitrogen and oxygen atoms in total. The van der Waals surface area contributed by atoms with Crippen LogP contribution in [0.1, 0.15) is 24.0 Å². The van der Waals surface area contributed by atoms with Crippen LogP contribution in [0.5, 0.6) is 0 Å². The summed E-state index contributed by atoms with van der Waals surface area (Å²) in [6.45, 7) is 10.5. The zero-order valence-corrected chi connectivity index (χ0v) is 11.8. The van der Waals surface area contributed by atoms with Crippen molar-refractivity contribution in [1.82, 2.24) is 24.6 Å². The van der Waals surface area contributed by atoms with Gasteiger partial charge in [-0.2, -0.15) is 0 Å². The van der Waals surface area contributed by atoms with E-state index in [1.807, 2.05) is 6.92 Å². The van der Waals surface area contributed by atoms with Crippen molar-refractivity contribution in [2.45, 2.75) is 33.4 Å². The Labute approximate surface area is 113 Å². The molecule has 0 radical (unpaired) electrons. The third kappa shape index (κ3) is 2.35. The smallest absolute Gasteiger partial charge is 0.234 e. The van der Waals surface area contributed by atoms with Gasteiger partial charge in [0, 0.05) is 43.3 Å². The number of rotatable bonds is 4. The molecule has 102 valence electrons. The minimum Gasteiger partial charge on any atom is -0.314 e. The van der Waals surface area contributed by atoms with Crippen LogP contribution in [0.2, 0.25) is 0 Å². The lowest BCUT2D eigenvalue weighted by atomic mass is 10.1. The maximum Gasteiger partial charge on any atom is 0.234 e. The van der Waals surface area contributed by atoms with E-state index in [2.05, 4.69) is 50.7 Å². The van der Waals surface area contributed by atoms with Crippen molar-refractivity contribution in [1.29, 1.82) is 0 Å². The number of aromatic nitrogens is 3. The van der Waals surface area contributed by atoms with Gasteiger partial charge in [0.05, 0.1) is 5.69 Å². The van der Waals surface area contributed by atoms with Gasteiger partial charge in [0.15, 0.2) is 0 Å². The topological polar surface area (TPSA) is 45.5 Å². The lowest BCUT2D eigenvalue weighted by Gasteiger charge is -2.37. The van der Waals surface area contributed by atoms with Crippen LogP contribution in [0, 0.1) is 13.8 Å². The molecule has 0 amide bonds. The molecule has 0 spiro atoms. The molecule has 2 aromatic rings. The Morgan fingerprint density at radius 2 is 2.16 bits per heavy atom. The quantitative estimate of drug-likeness (QED) is 0.894. The predicted molar refractivity (Wildman–Crippen MR) is 75.2 cm³/mol. The number of nitrogens with zero attached hydrogens (tertiary/aromatic N) is 4. The molecule has 0 bridgehead atoms. The highest BCUT2D eigenvalue weighted by Crippen LogP contribution is 2.13. The molecule has 0 aromatic carbocycles. The van der Waals surface area contributed by atoms with Gasteiger partial charge < -0.3 is 5.32 Å². The minimum absolute atomic E-state index is 0.658. The highest BCUT2D eigenvalue weighted by Gasteiger charge is 2.24. The first-order valence-electron chi connectivity index (χ1n) is 6.94. The third-order valence-electron chi connectivity index (χ3n) is 3.86. The van der Waals surface area contributed by atoms with Gasteiger partial charge in [-0.3, -0.25) is 9.30 Å². The number of likely N-dealkylation sites (N-methyl/N-ethyl adjacent to an activating group) is 1. The largest absolute Gasteiger partial charge is 0.314 e. The number of nitrogens with one attached hydrogen (secondary N) is 1.